The molecule has 3 heterocycles. The maximum atomic E-state index is 6.23. The summed E-state index contributed by atoms with van der Waals surface area (Å²) < 4.78 is 12.2. The lowest BCUT2D eigenvalue weighted by atomic mass is 9.97. The molecule has 0 saturated heterocycles. The van der Waals surface area contributed by atoms with Gasteiger partial charge in [0.15, 0.2) is 0 Å². The van der Waals surface area contributed by atoms with E-state index in [9.17, 15) is 0 Å². The van der Waals surface area contributed by atoms with Gasteiger partial charge in [0.25, 0.3) is 5.19 Å². The van der Waals surface area contributed by atoms with Crippen LogP contribution < -0.4 is 14.8 Å². The molecule has 0 bridgehead atoms. The highest BCUT2D eigenvalue weighted by Gasteiger charge is 2.21. The van der Waals surface area contributed by atoms with Crippen molar-refractivity contribution in [3.8, 4) is 16.7 Å². The Morgan fingerprint density at radius 2 is 2.10 bits per heavy atom. The SMILES string of the molecule is Cc1csc(CCNc2cnc(Oc3ccc4c(c3)CCC(c3ccccc3)O4)s2)n1. The zero-order valence-corrected chi connectivity index (χ0v) is 18.8. The third kappa shape index (κ3) is 4.89. The Hall–Kier alpha value is -2.90. The van der Waals surface area contributed by atoms with Gasteiger partial charge in [-0.25, -0.2) is 9.97 Å². The Bertz CT molecular complexity index is 1160. The molecule has 2 aromatic heterocycles. The Kier molecular flexibility index (Phi) is 5.86. The fraction of sp³-hybridized carbons (Fsp3) is 0.250. The molecule has 2 aromatic carbocycles. The van der Waals surface area contributed by atoms with Gasteiger partial charge in [0.05, 0.1) is 11.2 Å². The number of anilines is 1. The fourth-order valence-electron chi connectivity index (χ4n) is 3.63. The molecular weight excluding hydrogens is 426 g/mol. The molecule has 1 atom stereocenters. The Labute approximate surface area is 189 Å². The van der Waals surface area contributed by atoms with E-state index in [-0.39, 0.29) is 6.10 Å². The lowest BCUT2D eigenvalue weighted by molar-refractivity contribution is 0.176. The van der Waals surface area contributed by atoms with Crippen molar-refractivity contribution in [3.63, 3.8) is 0 Å². The predicted molar refractivity (Wildman–Crippen MR) is 126 cm³/mol. The monoisotopic (exact) mass is 449 g/mol. The molecule has 0 spiro atoms. The first-order chi connectivity index (χ1) is 15.2. The van der Waals surface area contributed by atoms with Crippen LogP contribution in [0.25, 0.3) is 0 Å². The number of aromatic nitrogens is 2. The Morgan fingerprint density at radius 3 is 2.94 bits per heavy atom. The van der Waals surface area contributed by atoms with E-state index in [0.29, 0.717) is 5.19 Å². The number of nitrogens with one attached hydrogen (secondary N) is 1. The quantitative estimate of drug-likeness (QED) is 0.353. The van der Waals surface area contributed by atoms with E-state index in [4.69, 9.17) is 9.47 Å². The van der Waals surface area contributed by atoms with E-state index < -0.39 is 0 Å². The summed E-state index contributed by atoms with van der Waals surface area (Å²) in [6, 6.07) is 16.4. The van der Waals surface area contributed by atoms with Crippen LogP contribution in [0.15, 0.2) is 60.1 Å². The lowest BCUT2D eigenvalue weighted by Gasteiger charge is -2.26. The smallest absolute Gasteiger partial charge is 0.280 e. The average Bonchev–Trinajstić information content (AvgIpc) is 3.42. The predicted octanol–water partition coefficient (Wildman–Crippen LogP) is 6.42. The van der Waals surface area contributed by atoms with Gasteiger partial charge >= 0.3 is 0 Å². The van der Waals surface area contributed by atoms with E-state index >= 15 is 0 Å². The molecule has 7 heteroatoms. The topological polar surface area (TPSA) is 56.3 Å². The highest BCUT2D eigenvalue weighted by atomic mass is 32.1. The van der Waals surface area contributed by atoms with E-state index in [2.05, 4.69) is 51.0 Å². The van der Waals surface area contributed by atoms with Crippen LogP contribution in [0, 0.1) is 6.92 Å². The Morgan fingerprint density at radius 1 is 1.19 bits per heavy atom. The van der Waals surface area contributed by atoms with Gasteiger partial charge in [-0.05, 0) is 49.1 Å². The first-order valence-corrected chi connectivity index (χ1v) is 12.1. The third-order valence-corrected chi connectivity index (χ3v) is 7.00. The third-order valence-electron chi connectivity index (χ3n) is 5.14. The second-order valence-electron chi connectivity index (χ2n) is 7.48. The van der Waals surface area contributed by atoms with Crippen LogP contribution in [-0.4, -0.2) is 16.5 Å². The summed E-state index contributed by atoms with van der Waals surface area (Å²) in [6.07, 6.45) is 4.76. The summed E-state index contributed by atoms with van der Waals surface area (Å²) in [5.41, 5.74) is 3.49. The van der Waals surface area contributed by atoms with Gasteiger partial charge < -0.3 is 14.8 Å². The van der Waals surface area contributed by atoms with Crippen LogP contribution in [0.1, 0.15) is 34.4 Å². The summed E-state index contributed by atoms with van der Waals surface area (Å²) in [5.74, 6) is 1.73. The van der Waals surface area contributed by atoms with Gasteiger partial charge in [0, 0.05) is 24.0 Å². The second kappa shape index (κ2) is 9.08. The molecular formula is C24H23N3O2S2. The number of benzene rings is 2. The molecule has 1 N–H and O–H groups in total. The normalized spacial score (nSPS) is 15.2. The van der Waals surface area contributed by atoms with Crippen LogP contribution in [0.5, 0.6) is 16.7 Å². The summed E-state index contributed by atoms with van der Waals surface area (Å²) >= 11 is 3.21. The maximum Gasteiger partial charge on any atom is 0.280 e. The largest absolute Gasteiger partial charge is 0.485 e. The minimum Gasteiger partial charge on any atom is -0.485 e. The lowest BCUT2D eigenvalue weighted by Crippen LogP contribution is -2.15. The molecule has 1 aliphatic heterocycles. The molecule has 5 rings (SSSR count). The number of ether oxygens (including phenoxy) is 2. The summed E-state index contributed by atoms with van der Waals surface area (Å²) in [7, 11) is 0. The van der Waals surface area contributed by atoms with Gasteiger partial charge in [-0.3, -0.25) is 0 Å². The molecule has 0 saturated carbocycles. The number of hydrogen-bond donors (Lipinski definition) is 1. The van der Waals surface area contributed by atoms with Crippen molar-refractivity contribution in [1.29, 1.82) is 0 Å². The Balaban J connectivity index is 1.18. The standard InChI is InChI=1S/C24H23N3O2S2/c1-16-15-30-22(27-16)11-12-25-23-14-26-24(31-23)28-19-8-10-21-18(13-19)7-9-20(29-21)17-5-3-2-4-6-17/h2-6,8,10,13-15,20,25H,7,9,11-12H2,1H3. The average molecular weight is 450 g/mol. The number of hydrogen-bond acceptors (Lipinski definition) is 7. The number of thiazole rings is 2. The molecule has 1 unspecified atom stereocenters. The summed E-state index contributed by atoms with van der Waals surface area (Å²) in [4.78, 5) is 8.89. The molecule has 0 fully saturated rings. The molecule has 0 radical (unpaired) electrons. The molecule has 1 aliphatic rings. The van der Waals surface area contributed by atoms with Crippen LogP contribution >= 0.6 is 22.7 Å². The second-order valence-corrected chi connectivity index (χ2v) is 9.41. The van der Waals surface area contributed by atoms with Crippen molar-refractivity contribution in [2.24, 2.45) is 0 Å². The van der Waals surface area contributed by atoms with Crippen LogP contribution in [-0.2, 0) is 12.8 Å². The van der Waals surface area contributed by atoms with Gasteiger partial charge in [0.2, 0.25) is 0 Å². The van der Waals surface area contributed by atoms with Crippen LogP contribution in [0.2, 0.25) is 0 Å². The molecule has 5 nitrogen and oxygen atoms in total. The summed E-state index contributed by atoms with van der Waals surface area (Å²) in [6.45, 7) is 2.85. The number of fused-ring (bicyclic) bond motifs is 1. The molecule has 158 valence electrons. The minimum absolute atomic E-state index is 0.112. The highest BCUT2D eigenvalue weighted by molar-refractivity contribution is 7.17. The zero-order valence-electron chi connectivity index (χ0n) is 17.2. The maximum absolute atomic E-state index is 6.23. The van der Waals surface area contributed by atoms with Crippen molar-refractivity contribution in [3.05, 3.63) is 81.9 Å². The van der Waals surface area contributed by atoms with E-state index in [1.165, 1.54) is 22.5 Å². The van der Waals surface area contributed by atoms with Crippen molar-refractivity contribution >= 4 is 27.7 Å². The number of aryl methyl sites for hydroxylation is 2. The van der Waals surface area contributed by atoms with Crippen LogP contribution in [0.3, 0.4) is 0 Å². The minimum atomic E-state index is 0.112. The summed E-state index contributed by atoms with van der Waals surface area (Å²) in [5, 5.41) is 8.26. The first kappa shape index (κ1) is 20.0. The zero-order chi connectivity index (χ0) is 21.0. The van der Waals surface area contributed by atoms with E-state index in [0.717, 1.165) is 53.0 Å². The number of nitrogens with zero attached hydrogens (tertiary/aromatic N) is 2. The van der Waals surface area contributed by atoms with Gasteiger partial charge in [0.1, 0.15) is 22.6 Å². The molecule has 31 heavy (non-hydrogen) atoms. The highest BCUT2D eigenvalue weighted by Crippen LogP contribution is 2.38. The van der Waals surface area contributed by atoms with Crippen molar-refractivity contribution in [2.45, 2.75) is 32.3 Å². The van der Waals surface area contributed by atoms with Gasteiger partial charge in [-0.15, -0.1) is 11.3 Å². The molecule has 0 amide bonds. The molecule has 4 aromatic rings. The first-order valence-electron chi connectivity index (χ1n) is 10.4. The van der Waals surface area contributed by atoms with Crippen molar-refractivity contribution < 1.29 is 9.47 Å². The number of rotatable bonds is 7. The van der Waals surface area contributed by atoms with Crippen molar-refractivity contribution in [1.82, 2.24) is 9.97 Å². The van der Waals surface area contributed by atoms with Crippen LogP contribution in [0.4, 0.5) is 5.00 Å². The van der Waals surface area contributed by atoms with Gasteiger partial charge in [-0.1, -0.05) is 41.7 Å². The van der Waals surface area contributed by atoms with E-state index in [1.54, 1.807) is 11.3 Å². The molecule has 0 aliphatic carbocycles. The fourth-order valence-corrected chi connectivity index (χ4v) is 5.12. The van der Waals surface area contributed by atoms with Crippen molar-refractivity contribution in [2.75, 3.05) is 11.9 Å². The van der Waals surface area contributed by atoms with Gasteiger partial charge in [-0.2, -0.15) is 0 Å². The van der Waals surface area contributed by atoms with E-state index in [1.807, 2.05) is 31.3 Å².